The zero-order chi connectivity index (χ0) is 17.3. The summed E-state index contributed by atoms with van der Waals surface area (Å²) in [5, 5.41) is 6.54. The van der Waals surface area contributed by atoms with Crippen molar-refractivity contribution in [1.29, 1.82) is 0 Å². The van der Waals surface area contributed by atoms with Crippen LogP contribution in [0.4, 0.5) is 0 Å². The maximum absolute atomic E-state index is 11.4. The van der Waals surface area contributed by atoms with Crippen LogP contribution in [0.15, 0.2) is 17.1 Å². The number of nitrogens with one attached hydrogen (secondary N) is 3. The molecule has 140 valence electrons. The molecule has 0 fully saturated rings. The maximum atomic E-state index is 11.4. The summed E-state index contributed by atoms with van der Waals surface area (Å²) in [4.78, 5) is 7.07. The molecular formula is C15H29IN4O2S2. The van der Waals surface area contributed by atoms with Gasteiger partial charge in [0.1, 0.15) is 0 Å². The highest BCUT2D eigenvalue weighted by Crippen LogP contribution is 2.16. The summed E-state index contributed by atoms with van der Waals surface area (Å²) in [5.41, 5.74) is 0. The number of hydrogen-bond acceptors (Lipinski definition) is 4. The number of hydrogen-bond donors (Lipinski definition) is 3. The van der Waals surface area contributed by atoms with Gasteiger partial charge in [0.2, 0.25) is 10.0 Å². The summed E-state index contributed by atoms with van der Waals surface area (Å²) in [6, 6.07) is 4.53. The van der Waals surface area contributed by atoms with Gasteiger partial charge in [-0.05, 0) is 39.8 Å². The van der Waals surface area contributed by atoms with E-state index < -0.39 is 10.0 Å². The van der Waals surface area contributed by atoms with Gasteiger partial charge in [-0.1, -0.05) is 0 Å². The summed E-state index contributed by atoms with van der Waals surface area (Å²) in [5.74, 6) is 0.802. The number of nitrogens with zero attached hydrogens (tertiary/aromatic N) is 1. The molecule has 1 unspecified atom stereocenters. The third-order valence-corrected chi connectivity index (χ3v) is 5.54. The van der Waals surface area contributed by atoms with Gasteiger partial charge in [-0.15, -0.1) is 35.3 Å². The monoisotopic (exact) mass is 488 g/mol. The minimum atomic E-state index is -3.15. The molecule has 3 N–H and O–H groups in total. The van der Waals surface area contributed by atoms with Crippen LogP contribution in [0.3, 0.4) is 0 Å². The molecule has 0 aliphatic rings. The lowest BCUT2D eigenvalue weighted by atomic mass is 10.2. The maximum Gasteiger partial charge on any atom is 0.211 e. The number of sulfonamides is 1. The van der Waals surface area contributed by atoms with Crippen molar-refractivity contribution in [3.63, 3.8) is 0 Å². The van der Waals surface area contributed by atoms with Gasteiger partial charge in [-0.25, -0.2) is 13.1 Å². The summed E-state index contributed by atoms with van der Waals surface area (Å²) in [7, 11) is -3.15. The number of halogens is 1. The molecule has 0 radical (unpaired) electrons. The fourth-order valence-corrected chi connectivity index (χ4v) is 3.60. The Morgan fingerprint density at radius 2 is 2.04 bits per heavy atom. The van der Waals surface area contributed by atoms with Crippen molar-refractivity contribution in [1.82, 2.24) is 15.4 Å². The van der Waals surface area contributed by atoms with Crippen LogP contribution in [0.2, 0.25) is 0 Å². The number of guanidine groups is 1. The van der Waals surface area contributed by atoms with E-state index in [1.165, 1.54) is 9.75 Å². The van der Waals surface area contributed by atoms with Crippen LogP contribution in [-0.2, 0) is 16.4 Å². The Hall–Kier alpha value is -0.390. The molecule has 9 heteroatoms. The molecular weight excluding hydrogens is 459 g/mol. The van der Waals surface area contributed by atoms with Crippen LogP contribution >= 0.6 is 35.3 Å². The quantitative estimate of drug-likeness (QED) is 0.215. The summed E-state index contributed by atoms with van der Waals surface area (Å²) < 4.78 is 25.2. The van der Waals surface area contributed by atoms with Crippen LogP contribution in [-0.4, -0.2) is 45.8 Å². The van der Waals surface area contributed by atoms with E-state index in [-0.39, 0.29) is 35.8 Å². The second-order valence-electron chi connectivity index (χ2n) is 5.32. The molecule has 1 rings (SSSR count). The van der Waals surface area contributed by atoms with Crippen molar-refractivity contribution < 1.29 is 8.42 Å². The Morgan fingerprint density at radius 1 is 1.33 bits per heavy atom. The number of thiophene rings is 1. The summed E-state index contributed by atoms with van der Waals surface area (Å²) in [6.07, 6.45) is 0.936. The van der Waals surface area contributed by atoms with E-state index in [2.05, 4.69) is 46.3 Å². The lowest BCUT2D eigenvalue weighted by Crippen LogP contribution is -2.43. The van der Waals surface area contributed by atoms with Crippen LogP contribution in [0, 0.1) is 6.92 Å². The SMILES string of the molecule is CCNC(=NCCNS(=O)(=O)CC)NC(C)Cc1ccc(C)s1.I. The molecule has 0 aromatic carbocycles. The fraction of sp³-hybridized carbons (Fsp3) is 0.667. The minimum Gasteiger partial charge on any atom is -0.357 e. The van der Waals surface area contributed by atoms with E-state index in [1.54, 1.807) is 18.3 Å². The van der Waals surface area contributed by atoms with Gasteiger partial charge in [0.05, 0.1) is 12.3 Å². The van der Waals surface area contributed by atoms with Crippen LogP contribution in [0.5, 0.6) is 0 Å². The van der Waals surface area contributed by atoms with Crippen molar-refractivity contribution in [3.05, 3.63) is 21.9 Å². The minimum absolute atomic E-state index is 0. The molecule has 0 spiro atoms. The van der Waals surface area contributed by atoms with Gasteiger partial charge in [0.25, 0.3) is 0 Å². The highest BCUT2D eigenvalue weighted by Gasteiger charge is 2.08. The fourth-order valence-electron chi connectivity index (χ4n) is 1.97. The number of rotatable bonds is 9. The highest BCUT2D eigenvalue weighted by atomic mass is 127. The van der Waals surface area contributed by atoms with E-state index in [0.717, 1.165) is 13.0 Å². The Morgan fingerprint density at radius 3 is 2.58 bits per heavy atom. The second kappa shape index (κ2) is 12.0. The van der Waals surface area contributed by atoms with Crippen molar-refractivity contribution in [2.75, 3.05) is 25.4 Å². The smallest absolute Gasteiger partial charge is 0.211 e. The molecule has 1 atom stereocenters. The standard InChI is InChI=1S/C15H28N4O2S2.HI/c1-5-16-15(17-9-10-18-23(20,21)6-2)19-12(3)11-14-8-7-13(4)22-14;/h7-8,12,18H,5-6,9-11H2,1-4H3,(H2,16,17,19);1H. The lowest BCUT2D eigenvalue weighted by molar-refractivity contribution is 0.583. The number of aliphatic imine (C=N–C) groups is 1. The third-order valence-electron chi connectivity index (χ3n) is 3.11. The van der Waals surface area contributed by atoms with E-state index >= 15 is 0 Å². The van der Waals surface area contributed by atoms with E-state index in [0.29, 0.717) is 19.0 Å². The predicted molar refractivity (Wildman–Crippen MR) is 114 cm³/mol. The lowest BCUT2D eigenvalue weighted by Gasteiger charge is -2.17. The average molecular weight is 488 g/mol. The van der Waals surface area contributed by atoms with Gasteiger partial charge >= 0.3 is 0 Å². The first-order valence-electron chi connectivity index (χ1n) is 7.93. The Balaban J connectivity index is 0.00000529. The first-order valence-corrected chi connectivity index (χ1v) is 10.4. The molecule has 0 bridgehead atoms. The molecule has 1 aromatic rings. The molecule has 0 aliphatic heterocycles. The van der Waals surface area contributed by atoms with Crippen LogP contribution in [0.25, 0.3) is 0 Å². The highest BCUT2D eigenvalue weighted by molar-refractivity contribution is 14.0. The average Bonchev–Trinajstić information content (AvgIpc) is 2.88. The largest absolute Gasteiger partial charge is 0.357 e. The third kappa shape index (κ3) is 9.80. The Kier molecular flexibility index (Phi) is 11.8. The van der Waals surface area contributed by atoms with Gasteiger partial charge < -0.3 is 10.6 Å². The van der Waals surface area contributed by atoms with Crippen molar-refractivity contribution >= 4 is 51.3 Å². The second-order valence-corrected chi connectivity index (χ2v) is 8.79. The van der Waals surface area contributed by atoms with Crippen molar-refractivity contribution in [2.45, 2.75) is 40.2 Å². The van der Waals surface area contributed by atoms with Gasteiger partial charge in [-0.3, -0.25) is 4.99 Å². The van der Waals surface area contributed by atoms with Crippen molar-refractivity contribution in [3.8, 4) is 0 Å². The van der Waals surface area contributed by atoms with Crippen LogP contribution in [0.1, 0.15) is 30.5 Å². The number of aryl methyl sites for hydroxylation is 1. The molecule has 1 aromatic heterocycles. The first-order chi connectivity index (χ1) is 10.9. The summed E-state index contributed by atoms with van der Waals surface area (Å²) in [6.45, 7) is 9.31. The van der Waals surface area contributed by atoms with Gasteiger partial charge in [-0.2, -0.15) is 0 Å². The molecule has 0 amide bonds. The topological polar surface area (TPSA) is 82.6 Å². The van der Waals surface area contributed by atoms with Crippen LogP contribution < -0.4 is 15.4 Å². The predicted octanol–water partition coefficient (Wildman–Crippen LogP) is 2.10. The zero-order valence-electron chi connectivity index (χ0n) is 14.8. The zero-order valence-corrected chi connectivity index (χ0v) is 18.7. The molecule has 0 saturated carbocycles. The van der Waals surface area contributed by atoms with E-state index in [1.807, 2.05) is 6.92 Å². The van der Waals surface area contributed by atoms with E-state index in [4.69, 9.17) is 0 Å². The Bertz CT molecular complexity index is 602. The summed E-state index contributed by atoms with van der Waals surface area (Å²) >= 11 is 1.81. The molecule has 24 heavy (non-hydrogen) atoms. The van der Waals surface area contributed by atoms with E-state index in [9.17, 15) is 8.42 Å². The van der Waals surface area contributed by atoms with Gasteiger partial charge in [0.15, 0.2) is 5.96 Å². The Labute approximate surface area is 167 Å². The molecule has 1 heterocycles. The molecule has 6 nitrogen and oxygen atoms in total. The molecule has 0 saturated heterocycles. The molecule has 0 aliphatic carbocycles. The van der Waals surface area contributed by atoms with Gasteiger partial charge in [0, 0.05) is 35.3 Å². The first kappa shape index (κ1) is 23.6. The normalized spacial score (nSPS) is 13.2. The van der Waals surface area contributed by atoms with Crippen molar-refractivity contribution in [2.24, 2.45) is 4.99 Å².